The third-order valence-electron chi connectivity index (χ3n) is 7.48. The number of ether oxygens (including phenoxy) is 2. The lowest BCUT2D eigenvalue weighted by atomic mass is 9.48. The Morgan fingerprint density at radius 1 is 0.967 bits per heavy atom. The van der Waals surface area contributed by atoms with Crippen LogP contribution in [-0.2, 0) is 10.2 Å². The highest BCUT2D eigenvalue weighted by Gasteiger charge is 2.52. The van der Waals surface area contributed by atoms with Crippen LogP contribution in [0.2, 0.25) is 0 Å². The van der Waals surface area contributed by atoms with E-state index >= 15 is 0 Å². The molecule has 0 aliphatic heterocycles. The lowest BCUT2D eigenvalue weighted by Gasteiger charge is -2.57. The van der Waals surface area contributed by atoms with E-state index in [2.05, 4.69) is 23.2 Å². The number of aliphatic imine (C=N–C) groups is 1. The van der Waals surface area contributed by atoms with Crippen molar-refractivity contribution in [2.24, 2.45) is 22.7 Å². The predicted molar refractivity (Wildman–Crippen MR) is 118 cm³/mol. The molecule has 0 atom stereocenters. The molecule has 0 radical (unpaired) electrons. The van der Waals surface area contributed by atoms with Gasteiger partial charge in [-0.25, -0.2) is 4.79 Å². The van der Waals surface area contributed by atoms with E-state index < -0.39 is 0 Å². The highest BCUT2D eigenvalue weighted by Crippen LogP contribution is 2.61. The van der Waals surface area contributed by atoms with Crippen LogP contribution in [0.15, 0.2) is 47.5 Å². The molecule has 0 aromatic heterocycles. The normalized spacial score (nSPS) is 29.3. The molecule has 156 valence electrons. The van der Waals surface area contributed by atoms with Crippen LogP contribution in [0.25, 0.3) is 0 Å². The minimum Gasteiger partial charge on any atom is -0.496 e. The highest BCUT2D eigenvalue weighted by molar-refractivity contribution is 5.90. The quantitative estimate of drug-likeness (QED) is 0.475. The van der Waals surface area contributed by atoms with Crippen molar-refractivity contribution in [2.75, 3.05) is 14.2 Å². The standard InChI is InChI=1S/C26H29NO3/c1-29-24-8-3-17(16-27-22-6-4-21(5-7-22)25(28)30-2)12-23(24)26-13-18-9-19(14-26)11-20(10-18)15-26/h3-8,12,16,18-20H,9-11,13-15H2,1-2H3. The first-order valence-electron chi connectivity index (χ1n) is 11.0. The molecule has 2 aromatic rings. The second kappa shape index (κ2) is 7.57. The van der Waals surface area contributed by atoms with Gasteiger partial charge in [-0.15, -0.1) is 0 Å². The van der Waals surface area contributed by atoms with Crippen LogP contribution in [0.4, 0.5) is 5.69 Å². The summed E-state index contributed by atoms with van der Waals surface area (Å²) in [6, 6.07) is 13.7. The summed E-state index contributed by atoms with van der Waals surface area (Å²) in [5.41, 5.74) is 4.11. The number of benzene rings is 2. The molecule has 6 rings (SSSR count). The molecule has 4 aliphatic rings. The van der Waals surface area contributed by atoms with E-state index in [1.807, 2.05) is 18.3 Å². The fraction of sp³-hybridized carbons (Fsp3) is 0.462. The summed E-state index contributed by atoms with van der Waals surface area (Å²) in [7, 11) is 3.18. The monoisotopic (exact) mass is 403 g/mol. The van der Waals surface area contributed by atoms with Crippen LogP contribution in [0.5, 0.6) is 5.75 Å². The van der Waals surface area contributed by atoms with E-state index in [1.165, 1.54) is 51.2 Å². The van der Waals surface area contributed by atoms with Crippen molar-refractivity contribution >= 4 is 17.9 Å². The molecule has 4 bridgehead atoms. The first kappa shape index (κ1) is 19.3. The Kier molecular flexibility index (Phi) is 4.88. The zero-order valence-corrected chi connectivity index (χ0v) is 17.8. The summed E-state index contributed by atoms with van der Waals surface area (Å²) in [5, 5.41) is 0. The Bertz CT molecular complexity index is 941. The van der Waals surface area contributed by atoms with E-state index in [-0.39, 0.29) is 11.4 Å². The van der Waals surface area contributed by atoms with Gasteiger partial charge in [-0.2, -0.15) is 0 Å². The molecule has 4 aliphatic carbocycles. The smallest absolute Gasteiger partial charge is 0.337 e. The van der Waals surface area contributed by atoms with Gasteiger partial charge < -0.3 is 9.47 Å². The average molecular weight is 404 g/mol. The summed E-state index contributed by atoms with van der Waals surface area (Å²) >= 11 is 0. The number of carbonyl (C=O) groups is 1. The van der Waals surface area contributed by atoms with Crippen LogP contribution < -0.4 is 4.74 Å². The van der Waals surface area contributed by atoms with E-state index in [0.717, 1.165) is 34.8 Å². The van der Waals surface area contributed by atoms with Crippen molar-refractivity contribution in [3.8, 4) is 5.75 Å². The third kappa shape index (κ3) is 3.42. The SMILES string of the molecule is COC(=O)c1ccc(N=Cc2ccc(OC)c(C34CC5CC(CC(C5)C3)C4)c2)cc1. The zero-order valence-electron chi connectivity index (χ0n) is 17.8. The molecule has 0 saturated heterocycles. The molecular weight excluding hydrogens is 374 g/mol. The maximum atomic E-state index is 11.6. The number of carbonyl (C=O) groups excluding carboxylic acids is 1. The minimum absolute atomic E-state index is 0.284. The van der Waals surface area contributed by atoms with Crippen LogP contribution in [0.3, 0.4) is 0 Å². The van der Waals surface area contributed by atoms with Gasteiger partial charge in [0.2, 0.25) is 0 Å². The van der Waals surface area contributed by atoms with Gasteiger partial charge in [-0.3, -0.25) is 4.99 Å². The molecule has 0 spiro atoms. The van der Waals surface area contributed by atoms with E-state index in [9.17, 15) is 4.79 Å². The summed E-state index contributed by atoms with van der Waals surface area (Å²) in [6.07, 6.45) is 10.1. The predicted octanol–water partition coefficient (Wildman–Crippen LogP) is 5.70. The zero-order chi connectivity index (χ0) is 20.7. The average Bonchev–Trinajstić information content (AvgIpc) is 2.76. The number of hydrogen-bond acceptors (Lipinski definition) is 4. The van der Waals surface area contributed by atoms with Gasteiger partial charge in [0.1, 0.15) is 5.75 Å². The number of hydrogen-bond donors (Lipinski definition) is 0. The van der Waals surface area contributed by atoms with E-state index in [1.54, 1.807) is 19.2 Å². The second-order valence-electron chi connectivity index (χ2n) is 9.45. The number of nitrogens with zero attached hydrogens (tertiary/aromatic N) is 1. The molecule has 2 aromatic carbocycles. The molecule has 4 heteroatoms. The van der Waals surface area contributed by atoms with Crippen LogP contribution in [0, 0.1) is 17.8 Å². The Balaban J connectivity index is 1.42. The van der Waals surface area contributed by atoms with Gasteiger partial charge >= 0.3 is 5.97 Å². The number of rotatable bonds is 5. The first-order valence-corrected chi connectivity index (χ1v) is 11.0. The Morgan fingerprint density at radius 2 is 1.60 bits per heavy atom. The van der Waals surface area contributed by atoms with Gasteiger partial charge in [0, 0.05) is 11.8 Å². The first-order chi connectivity index (χ1) is 14.6. The van der Waals surface area contributed by atoms with Crippen molar-refractivity contribution in [1.29, 1.82) is 0 Å². The van der Waals surface area contributed by atoms with Crippen LogP contribution in [-0.4, -0.2) is 26.4 Å². The second-order valence-corrected chi connectivity index (χ2v) is 9.45. The van der Waals surface area contributed by atoms with Crippen molar-refractivity contribution < 1.29 is 14.3 Å². The summed E-state index contributed by atoms with van der Waals surface area (Å²) in [4.78, 5) is 16.2. The Morgan fingerprint density at radius 3 is 2.17 bits per heavy atom. The summed E-state index contributed by atoms with van der Waals surface area (Å²) < 4.78 is 10.6. The maximum Gasteiger partial charge on any atom is 0.337 e. The summed E-state index contributed by atoms with van der Waals surface area (Å²) in [6.45, 7) is 0. The van der Waals surface area contributed by atoms with Crippen molar-refractivity contribution in [3.05, 3.63) is 59.2 Å². The van der Waals surface area contributed by atoms with Crippen molar-refractivity contribution in [2.45, 2.75) is 43.9 Å². The molecule has 4 fully saturated rings. The number of esters is 1. The van der Waals surface area contributed by atoms with E-state index in [0.29, 0.717) is 5.56 Å². The fourth-order valence-electron chi connectivity index (χ4n) is 6.61. The molecule has 0 N–H and O–H groups in total. The lowest BCUT2D eigenvalue weighted by Crippen LogP contribution is -2.48. The van der Waals surface area contributed by atoms with Gasteiger partial charge in [0.25, 0.3) is 0 Å². The van der Waals surface area contributed by atoms with Gasteiger partial charge in [-0.1, -0.05) is 0 Å². The molecular formula is C26H29NO3. The third-order valence-corrected chi connectivity index (χ3v) is 7.48. The highest BCUT2D eigenvalue weighted by atomic mass is 16.5. The number of methoxy groups -OCH3 is 2. The molecule has 0 amide bonds. The molecule has 0 heterocycles. The largest absolute Gasteiger partial charge is 0.496 e. The van der Waals surface area contributed by atoms with Gasteiger partial charge in [0.15, 0.2) is 0 Å². The van der Waals surface area contributed by atoms with Gasteiger partial charge in [-0.05, 0) is 110 Å². The Labute approximate surface area is 178 Å². The van der Waals surface area contributed by atoms with Crippen LogP contribution >= 0.6 is 0 Å². The maximum absolute atomic E-state index is 11.6. The molecule has 4 saturated carbocycles. The van der Waals surface area contributed by atoms with Crippen molar-refractivity contribution in [3.63, 3.8) is 0 Å². The topological polar surface area (TPSA) is 47.9 Å². The van der Waals surface area contributed by atoms with Crippen molar-refractivity contribution in [1.82, 2.24) is 0 Å². The molecule has 4 nitrogen and oxygen atoms in total. The fourth-order valence-corrected chi connectivity index (χ4v) is 6.61. The molecule has 0 unspecified atom stereocenters. The molecule has 30 heavy (non-hydrogen) atoms. The van der Waals surface area contributed by atoms with Gasteiger partial charge in [0.05, 0.1) is 25.5 Å². The Hall–Kier alpha value is -2.62. The lowest BCUT2D eigenvalue weighted by molar-refractivity contribution is -0.00616. The van der Waals surface area contributed by atoms with E-state index in [4.69, 9.17) is 9.47 Å². The van der Waals surface area contributed by atoms with Crippen LogP contribution in [0.1, 0.15) is 60.0 Å². The summed E-state index contributed by atoms with van der Waals surface area (Å²) in [5.74, 6) is 3.38. The minimum atomic E-state index is -0.333.